The van der Waals surface area contributed by atoms with Gasteiger partial charge in [0.25, 0.3) is 0 Å². The van der Waals surface area contributed by atoms with E-state index in [9.17, 15) is 0 Å². The molecular weight excluding hydrogens is 355 g/mol. The monoisotopic (exact) mass is 372 g/mol. The van der Waals surface area contributed by atoms with Crippen LogP contribution in [0.3, 0.4) is 0 Å². The Morgan fingerprint density at radius 1 is 0.760 bits per heavy atom. The van der Waals surface area contributed by atoms with Crippen molar-refractivity contribution < 1.29 is 4.74 Å². The van der Waals surface area contributed by atoms with E-state index in [-0.39, 0.29) is 0 Å². The Balaban J connectivity index is 1.63. The molecule has 25 heavy (non-hydrogen) atoms. The van der Waals surface area contributed by atoms with Crippen molar-refractivity contribution in [1.82, 2.24) is 5.43 Å². The zero-order valence-corrected chi connectivity index (χ0v) is 15.0. The van der Waals surface area contributed by atoms with Gasteiger partial charge in [-0.2, -0.15) is 0 Å². The van der Waals surface area contributed by atoms with E-state index in [0.29, 0.717) is 23.2 Å². The lowest BCUT2D eigenvalue weighted by Crippen LogP contribution is -2.21. The Bertz CT molecular complexity index is 805. The summed E-state index contributed by atoms with van der Waals surface area (Å²) >= 11 is 12.4. The minimum atomic E-state index is 0.321. The van der Waals surface area contributed by atoms with Crippen molar-refractivity contribution in [3.05, 3.63) is 94.0 Å². The van der Waals surface area contributed by atoms with Crippen LogP contribution in [0.2, 0.25) is 10.0 Å². The van der Waals surface area contributed by atoms with Gasteiger partial charge in [-0.25, -0.2) is 5.43 Å². The molecule has 0 amide bonds. The van der Waals surface area contributed by atoms with Crippen LogP contribution in [0.4, 0.5) is 5.69 Å². The van der Waals surface area contributed by atoms with Crippen molar-refractivity contribution in [1.29, 1.82) is 0 Å². The van der Waals surface area contributed by atoms with Crippen LogP contribution in [0.25, 0.3) is 0 Å². The van der Waals surface area contributed by atoms with Gasteiger partial charge in [-0.05, 0) is 30.3 Å². The van der Waals surface area contributed by atoms with Gasteiger partial charge in [0.2, 0.25) is 0 Å². The van der Waals surface area contributed by atoms with E-state index in [1.54, 1.807) is 0 Å². The fraction of sp³-hybridized carbons (Fsp3) is 0.100. The Morgan fingerprint density at radius 3 is 2.20 bits per heavy atom. The van der Waals surface area contributed by atoms with Crippen LogP contribution >= 0.6 is 23.2 Å². The SMILES string of the molecule is Clc1cccc(Cl)c1COc1ccccc1CNNc1ccccc1. The van der Waals surface area contributed by atoms with E-state index >= 15 is 0 Å². The van der Waals surface area contributed by atoms with E-state index < -0.39 is 0 Å². The highest BCUT2D eigenvalue weighted by Gasteiger charge is 2.08. The summed E-state index contributed by atoms with van der Waals surface area (Å²) in [6, 6.07) is 23.2. The van der Waals surface area contributed by atoms with Crippen LogP contribution in [-0.2, 0) is 13.2 Å². The summed E-state index contributed by atoms with van der Waals surface area (Å²) in [5.74, 6) is 0.792. The molecular formula is C20H18Cl2N2O. The van der Waals surface area contributed by atoms with Gasteiger partial charge < -0.3 is 10.2 Å². The lowest BCUT2D eigenvalue weighted by molar-refractivity contribution is 0.302. The molecule has 0 aromatic heterocycles. The Morgan fingerprint density at radius 2 is 1.44 bits per heavy atom. The molecule has 0 aliphatic heterocycles. The molecule has 0 spiro atoms. The fourth-order valence-corrected chi connectivity index (χ4v) is 2.88. The summed E-state index contributed by atoms with van der Waals surface area (Å²) in [5.41, 5.74) is 9.19. The quantitative estimate of drug-likeness (QED) is 0.522. The maximum Gasteiger partial charge on any atom is 0.124 e. The third-order valence-electron chi connectivity index (χ3n) is 3.69. The third-order valence-corrected chi connectivity index (χ3v) is 4.40. The van der Waals surface area contributed by atoms with E-state index in [1.165, 1.54) is 0 Å². The normalized spacial score (nSPS) is 10.5. The summed E-state index contributed by atoms with van der Waals surface area (Å²) in [6.45, 7) is 0.933. The van der Waals surface area contributed by atoms with Gasteiger partial charge in [-0.3, -0.25) is 0 Å². The Kier molecular flexibility index (Phi) is 6.18. The second kappa shape index (κ2) is 8.77. The van der Waals surface area contributed by atoms with Gasteiger partial charge in [-0.15, -0.1) is 0 Å². The first-order valence-corrected chi connectivity index (χ1v) is 8.67. The minimum Gasteiger partial charge on any atom is -0.488 e. The summed E-state index contributed by atoms with van der Waals surface area (Å²) in [7, 11) is 0. The Labute approximate surface area is 157 Å². The number of hydrogen-bond donors (Lipinski definition) is 2. The largest absolute Gasteiger partial charge is 0.488 e. The standard InChI is InChI=1S/C20H18Cl2N2O/c21-18-10-6-11-19(22)17(18)14-25-20-12-5-4-7-15(20)13-23-24-16-8-2-1-3-9-16/h1-12,23-24H,13-14H2. The highest BCUT2D eigenvalue weighted by molar-refractivity contribution is 6.35. The maximum atomic E-state index is 6.20. The molecule has 128 valence electrons. The molecule has 3 aromatic carbocycles. The van der Waals surface area contributed by atoms with E-state index in [2.05, 4.69) is 10.9 Å². The highest BCUT2D eigenvalue weighted by Crippen LogP contribution is 2.27. The highest BCUT2D eigenvalue weighted by atomic mass is 35.5. The fourth-order valence-electron chi connectivity index (χ4n) is 2.37. The summed E-state index contributed by atoms with van der Waals surface area (Å²) < 4.78 is 5.95. The summed E-state index contributed by atoms with van der Waals surface area (Å²) in [4.78, 5) is 0. The molecule has 0 atom stereocenters. The van der Waals surface area contributed by atoms with Crippen molar-refractivity contribution in [2.24, 2.45) is 0 Å². The predicted molar refractivity (Wildman–Crippen MR) is 104 cm³/mol. The lowest BCUT2D eigenvalue weighted by Gasteiger charge is -2.14. The van der Waals surface area contributed by atoms with Gasteiger partial charge in [0.15, 0.2) is 0 Å². The molecule has 0 aliphatic rings. The molecule has 3 nitrogen and oxygen atoms in total. The number of halogens is 2. The number of anilines is 1. The van der Waals surface area contributed by atoms with Gasteiger partial charge in [0.05, 0.1) is 0 Å². The number of rotatable bonds is 7. The molecule has 0 bridgehead atoms. The Hall–Kier alpha value is -2.20. The predicted octanol–water partition coefficient (Wildman–Crippen LogP) is 5.69. The average molecular weight is 373 g/mol. The van der Waals surface area contributed by atoms with Crippen LogP contribution < -0.4 is 15.6 Å². The molecule has 2 N–H and O–H groups in total. The number of benzene rings is 3. The van der Waals surface area contributed by atoms with Crippen LogP contribution in [0.15, 0.2) is 72.8 Å². The molecule has 0 fully saturated rings. The van der Waals surface area contributed by atoms with E-state index in [0.717, 1.165) is 22.6 Å². The third kappa shape index (κ3) is 4.89. The number of nitrogens with one attached hydrogen (secondary N) is 2. The lowest BCUT2D eigenvalue weighted by atomic mass is 10.2. The van der Waals surface area contributed by atoms with Gasteiger partial charge in [-0.1, -0.05) is 65.7 Å². The van der Waals surface area contributed by atoms with Gasteiger partial charge in [0.1, 0.15) is 12.4 Å². The van der Waals surface area contributed by atoms with Crippen LogP contribution in [-0.4, -0.2) is 0 Å². The average Bonchev–Trinajstić information content (AvgIpc) is 2.63. The summed E-state index contributed by atoms with van der Waals surface area (Å²) in [6.07, 6.45) is 0. The first-order chi connectivity index (χ1) is 12.2. The number of para-hydroxylation sites is 2. The minimum absolute atomic E-state index is 0.321. The second-order valence-corrected chi connectivity index (χ2v) is 6.26. The molecule has 0 saturated carbocycles. The van der Waals surface area contributed by atoms with Gasteiger partial charge >= 0.3 is 0 Å². The van der Waals surface area contributed by atoms with Crippen molar-refractivity contribution in [3.8, 4) is 5.75 Å². The number of hydrogen-bond acceptors (Lipinski definition) is 3. The topological polar surface area (TPSA) is 33.3 Å². The van der Waals surface area contributed by atoms with E-state index in [1.807, 2.05) is 72.8 Å². The first-order valence-electron chi connectivity index (χ1n) is 7.91. The van der Waals surface area contributed by atoms with Crippen LogP contribution in [0, 0.1) is 0 Å². The molecule has 0 aliphatic carbocycles. The van der Waals surface area contributed by atoms with Crippen molar-refractivity contribution in [2.75, 3.05) is 5.43 Å². The zero-order chi connectivity index (χ0) is 17.5. The number of ether oxygens (including phenoxy) is 1. The van der Waals surface area contributed by atoms with E-state index in [4.69, 9.17) is 27.9 Å². The molecule has 0 unspecified atom stereocenters. The molecule has 0 radical (unpaired) electrons. The molecule has 3 aromatic rings. The molecule has 0 saturated heterocycles. The number of hydrazine groups is 1. The smallest absolute Gasteiger partial charge is 0.124 e. The molecule has 3 rings (SSSR count). The summed E-state index contributed by atoms with van der Waals surface area (Å²) in [5, 5.41) is 1.21. The van der Waals surface area contributed by atoms with Crippen LogP contribution in [0.5, 0.6) is 5.75 Å². The van der Waals surface area contributed by atoms with Crippen LogP contribution in [0.1, 0.15) is 11.1 Å². The molecule has 0 heterocycles. The first kappa shape index (κ1) is 17.6. The second-order valence-electron chi connectivity index (χ2n) is 5.44. The van der Waals surface area contributed by atoms with Crippen molar-refractivity contribution in [3.63, 3.8) is 0 Å². The van der Waals surface area contributed by atoms with Gasteiger partial charge in [0, 0.05) is 33.4 Å². The molecule has 5 heteroatoms. The van der Waals surface area contributed by atoms with Crippen molar-refractivity contribution in [2.45, 2.75) is 13.2 Å². The zero-order valence-electron chi connectivity index (χ0n) is 13.5. The maximum absolute atomic E-state index is 6.20. The van der Waals surface area contributed by atoms with Crippen molar-refractivity contribution >= 4 is 28.9 Å².